The van der Waals surface area contributed by atoms with Crippen molar-refractivity contribution in [1.29, 1.82) is 0 Å². The standard InChI is InChI=1S/C25H22N6O4/c1-13-27-22-15-5-2-3-8-20(15)35-23(22)24(28-13)31-12-14(9-19(31)25(33)34)10-21(32)29-17-6-4-7-18-16(17)11-26-30-18/h2-8,11,14,19H,9-10,12H2,1H3,(H,26,30)(H,29,32)(H,33,34)/t14-,19+/m1/s1. The van der Waals surface area contributed by atoms with Crippen molar-refractivity contribution >= 4 is 56.4 Å². The zero-order valence-electron chi connectivity index (χ0n) is 18.9. The van der Waals surface area contributed by atoms with E-state index in [1.54, 1.807) is 18.0 Å². The highest BCUT2D eigenvalue weighted by molar-refractivity contribution is 6.06. The molecule has 1 aliphatic rings. The number of hydrogen-bond donors (Lipinski definition) is 3. The molecule has 10 heteroatoms. The predicted octanol–water partition coefficient (Wildman–Crippen LogP) is 3.87. The zero-order valence-corrected chi connectivity index (χ0v) is 18.9. The number of nitrogens with zero attached hydrogens (tertiary/aromatic N) is 4. The quantitative estimate of drug-likeness (QED) is 0.352. The molecule has 0 bridgehead atoms. The Morgan fingerprint density at radius 2 is 2.03 bits per heavy atom. The van der Waals surface area contributed by atoms with E-state index in [1.165, 1.54) is 0 Å². The number of amides is 1. The maximum atomic E-state index is 12.9. The van der Waals surface area contributed by atoms with E-state index in [-0.39, 0.29) is 18.2 Å². The molecule has 0 unspecified atom stereocenters. The van der Waals surface area contributed by atoms with Crippen molar-refractivity contribution in [2.75, 3.05) is 16.8 Å². The van der Waals surface area contributed by atoms with E-state index >= 15 is 0 Å². The second kappa shape index (κ2) is 8.08. The first kappa shape index (κ1) is 21.1. The van der Waals surface area contributed by atoms with Gasteiger partial charge >= 0.3 is 5.97 Å². The van der Waals surface area contributed by atoms with E-state index in [0.717, 1.165) is 16.3 Å². The number of fused-ring (bicyclic) bond motifs is 4. The lowest BCUT2D eigenvalue weighted by atomic mass is 10.0. The summed E-state index contributed by atoms with van der Waals surface area (Å²) < 4.78 is 6.06. The Morgan fingerprint density at radius 3 is 2.89 bits per heavy atom. The average molecular weight is 470 g/mol. The van der Waals surface area contributed by atoms with Crippen LogP contribution in [0.4, 0.5) is 11.5 Å². The molecule has 6 rings (SSSR count). The van der Waals surface area contributed by atoms with Crippen LogP contribution in [0.3, 0.4) is 0 Å². The lowest BCUT2D eigenvalue weighted by Crippen LogP contribution is -2.36. The maximum Gasteiger partial charge on any atom is 0.326 e. The van der Waals surface area contributed by atoms with E-state index in [9.17, 15) is 14.7 Å². The Labute approximate surface area is 199 Å². The highest BCUT2D eigenvalue weighted by Gasteiger charge is 2.40. The number of para-hydroxylation sites is 1. The summed E-state index contributed by atoms with van der Waals surface area (Å²) >= 11 is 0. The van der Waals surface area contributed by atoms with Crippen LogP contribution in [0.1, 0.15) is 18.7 Å². The van der Waals surface area contributed by atoms with Crippen LogP contribution in [0.5, 0.6) is 0 Å². The molecule has 10 nitrogen and oxygen atoms in total. The number of nitrogens with one attached hydrogen (secondary N) is 2. The molecule has 35 heavy (non-hydrogen) atoms. The van der Waals surface area contributed by atoms with Gasteiger partial charge in [-0.05, 0) is 43.5 Å². The summed E-state index contributed by atoms with van der Waals surface area (Å²) in [6.07, 6.45) is 2.17. The normalized spacial score (nSPS) is 18.0. The number of aromatic nitrogens is 4. The topological polar surface area (TPSA) is 137 Å². The summed E-state index contributed by atoms with van der Waals surface area (Å²) in [5, 5.41) is 21.5. The second-order valence-electron chi connectivity index (χ2n) is 8.87. The number of carboxylic acids is 1. The molecule has 3 aromatic heterocycles. The molecule has 3 N–H and O–H groups in total. The predicted molar refractivity (Wildman–Crippen MR) is 130 cm³/mol. The van der Waals surface area contributed by atoms with Gasteiger partial charge in [0.25, 0.3) is 0 Å². The average Bonchev–Trinajstić information content (AvgIpc) is 3.56. The Hall–Kier alpha value is -4.47. The third kappa shape index (κ3) is 3.63. The number of H-pyrrole nitrogens is 1. The summed E-state index contributed by atoms with van der Waals surface area (Å²) in [4.78, 5) is 35.9. The number of aliphatic carboxylic acids is 1. The summed E-state index contributed by atoms with van der Waals surface area (Å²) in [6, 6.07) is 12.3. The molecule has 1 amide bonds. The molecule has 2 atom stereocenters. The van der Waals surface area contributed by atoms with Gasteiger partial charge in [-0.15, -0.1) is 0 Å². The van der Waals surface area contributed by atoms with Crippen LogP contribution in [0.25, 0.3) is 33.0 Å². The molecule has 0 radical (unpaired) electrons. The molecule has 1 fully saturated rings. The van der Waals surface area contributed by atoms with Gasteiger partial charge in [0, 0.05) is 23.7 Å². The van der Waals surface area contributed by atoms with Crippen LogP contribution in [0.2, 0.25) is 0 Å². The van der Waals surface area contributed by atoms with E-state index in [2.05, 4.69) is 25.5 Å². The second-order valence-corrected chi connectivity index (χ2v) is 8.87. The van der Waals surface area contributed by atoms with Crippen molar-refractivity contribution in [1.82, 2.24) is 20.2 Å². The molecular formula is C25H22N6O4. The Morgan fingerprint density at radius 1 is 1.17 bits per heavy atom. The third-order valence-corrected chi connectivity index (χ3v) is 6.49. The molecule has 1 saturated heterocycles. The third-order valence-electron chi connectivity index (χ3n) is 6.49. The lowest BCUT2D eigenvalue weighted by Gasteiger charge is -2.22. The largest absolute Gasteiger partial charge is 0.480 e. The molecule has 176 valence electrons. The molecule has 0 saturated carbocycles. The number of furan rings is 1. The number of anilines is 2. The van der Waals surface area contributed by atoms with E-state index in [0.29, 0.717) is 47.0 Å². The van der Waals surface area contributed by atoms with Gasteiger partial charge in [-0.1, -0.05) is 18.2 Å². The first-order valence-corrected chi connectivity index (χ1v) is 11.3. The number of carboxylic acid groups (broad SMARTS) is 1. The zero-order chi connectivity index (χ0) is 24.1. The number of hydrogen-bond acceptors (Lipinski definition) is 7. The molecule has 0 aliphatic carbocycles. The number of rotatable bonds is 5. The minimum absolute atomic E-state index is 0.172. The van der Waals surface area contributed by atoms with Crippen molar-refractivity contribution in [3.05, 3.63) is 54.5 Å². The van der Waals surface area contributed by atoms with Crippen molar-refractivity contribution in [3.8, 4) is 0 Å². The van der Waals surface area contributed by atoms with E-state index in [4.69, 9.17) is 4.42 Å². The number of benzene rings is 2. The highest BCUT2D eigenvalue weighted by atomic mass is 16.4. The Bertz CT molecular complexity index is 1610. The first-order chi connectivity index (χ1) is 17.0. The molecule has 2 aromatic carbocycles. The van der Waals surface area contributed by atoms with Gasteiger partial charge in [0.15, 0.2) is 11.4 Å². The van der Waals surface area contributed by atoms with Crippen molar-refractivity contribution in [2.24, 2.45) is 5.92 Å². The van der Waals surface area contributed by atoms with E-state index < -0.39 is 12.0 Å². The van der Waals surface area contributed by atoms with Gasteiger partial charge in [-0.3, -0.25) is 9.89 Å². The molecule has 4 heterocycles. The smallest absolute Gasteiger partial charge is 0.326 e. The Kier molecular flexibility index (Phi) is 4.87. The van der Waals surface area contributed by atoms with Crippen LogP contribution < -0.4 is 10.2 Å². The van der Waals surface area contributed by atoms with Crippen molar-refractivity contribution in [2.45, 2.75) is 25.8 Å². The Balaban J connectivity index is 1.29. The summed E-state index contributed by atoms with van der Waals surface area (Å²) in [7, 11) is 0. The number of aryl methyl sites for hydroxylation is 1. The van der Waals surface area contributed by atoms with Gasteiger partial charge < -0.3 is 19.7 Å². The SMILES string of the molecule is Cc1nc(N2C[C@@H](CC(=O)Nc3cccc4[nH]ncc34)C[C@H]2C(=O)O)c2oc3ccccc3c2n1. The van der Waals surface area contributed by atoms with Crippen LogP contribution in [-0.2, 0) is 9.59 Å². The minimum atomic E-state index is -0.961. The maximum absolute atomic E-state index is 12.9. The van der Waals surface area contributed by atoms with Gasteiger partial charge in [0.05, 0.1) is 17.4 Å². The van der Waals surface area contributed by atoms with Gasteiger partial charge in [0.1, 0.15) is 23.0 Å². The number of aromatic amines is 1. The van der Waals surface area contributed by atoms with Gasteiger partial charge in [0.2, 0.25) is 5.91 Å². The molecular weight excluding hydrogens is 448 g/mol. The summed E-state index contributed by atoms with van der Waals surface area (Å²) in [6.45, 7) is 2.14. The first-order valence-electron chi connectivity index (χ1n) is 11.3. The minimum Gasteiger partial charge on any atom is -0.480 e. The molecule has 1 aliphatic heterocycles. The van der Waals surface area contributed by atoms with Crippen molar-refractivity contribution in [3.63, 3.8) is 0 Å². The fraction of sp³-hybridized carbons (Fsp3) is 0.240. The van der Waals surface area contributed by atoms with Crippen LogP contribution in [0.15, 0.2) is 53.1 Å². The molecule has 0 spiro atoms. The lowest BCUT2D eigenvalue weighted by molar-refractivity contribution is -0.138. The van der Waals surface area contributed by atoms with Crippen molar-refractivity contribution < 1.29 is 19.1 Å². The van der Waals surface area contributed by atoms with Gasteiger partial charge in [-0.25, -0.2) is 14.8 Å². The van der Waals surface area contributed by atoms with Crippen LogP contribution in [-0.4, -0.2) is 49.7 Å². The summed E-state index contributed by atoms with van der Waals surface area (Å²) in [5.41, 5.74) is 3.27. The van der Waals surface area contributed by atoms with Crippen LogP contribution in [0, 0.1) is 12.8 Å². The van der Waals surface area contributed by atoms with Crippen LogP contribution >= 0.6 is 0 Å². The van der Waals surface area contributed by atoms with E-state index in [1.807, 2.05) is 42.5 Å². The fourth-order valence-corrected chi connectivity index (χ4v) is 4.96. The van der Waals surface area contributed by atoms with Gasteiger partial charge in [-0.2, -0.15) is 5.10 Å². The fourth-order valence-electron chi connectivity index (χ4n) is 4.96. The summed E-state index contributed by atoms with van der Waals surface area (Å²) in [5.74, 6) is -0.340. The monoisotopic (exact) mass is 470 g/mol. The number of carbonyl (C=O) groups excluding carboxylic acids is 1. The molecule has 5 aromatic rings. The number of carbonyl (C=O) groups is 2. The highest BCUT2D eigenvalue weighted by Crippen LogP contribution is 2.38.